The van der Waals surface area contributed by atoms with Crippen molar-refractivity contribution in [3.05, 3.63) is 11.3 Å². The Kier molecular flexibility index (Phi) is 5.36. The molecule has 0 saturated heterocycles. The molecule has 0 fully saturated rings. The molecule has 1 N–H and O–H groups in total. The van der Waals surface area contributed by atoms with E-state index in [2.05, 4.69) is 4.90 Å². The van der Waals surface area contributed by atoms with E-state index < -0.39 is 11.9 Å². The van der Waals surface area contributed by atoms with Crippen molar-refractivity contribution >= 4 is 11.9 Å². The Bertz CT molecular complexity index is 447. The first kappa shape index (κ1) is 16.0. The second-order valence-electron chi connectivity index (χ2n) is 5.63. The highest BCUT2D eigenvalue weighted by Gasteiger charge is 2.39. The number of methoxy groups -OCH3 is 1. The summed E-state index contributed by atoms with van der Waals surface area (Å²) in [6, 6.07) is 0. The molecule has 0 saturated carbocycles. The first-order chi connectivity index (χ1) is 10.1. The van der Waals surface area contributed by atoms with Gasteiger partial charge >= 0.3 is 5.97 Å². The van der Waals surface area contributed by atoms with Crippen molar-refractivity contribution in [2.75, 3.05) is 39.9 Å². The van der Waals surface area contributed by atoms with E-state index in [1.165, 1.54) is 0 Å². The Balaban J connectivity index is 2.24. The van der Waals surface area contributed by atoms with Crippen molar-refractivity contribution in [2.24, 2.45) is 5.92 Å². The summed E-state index contributed by atoms with van der Waals surface area (Å²) in [7, 11) is 1.66. The van der Waals surface area contributed by atoms with Gasteiger partial charge in [0.05, 0.1) is 12.5 Å². The molecule has 2 aliphatic rings. The number of amides is 1. The van der Waals surface area contributed by atoms with Gasteiger partial charge in [-0.15, -0.1) is 0 Å². The van der Waals surface area contributed by atoms with E-state index in [0.29, 0.717) is 19.7 Å². The van der Waals surface area contributed by atoms with Gasteiger partial charge in [-0.25, -0.2) is 0 Å². The normalized spacial score (nSPS) is 23.4. The summed E-state index contributed by atoms with van der Waals surface area (Å²) in [5.41, 5.74) is 1.87. The summed E-state index contributed by atoms with van der Waals surface area (Å²) >= 11 is 0. The minimum Gasteiger partial charge on any atom is -0.481 e. The Morgan fingerprint density at radius 3 is 2.81 bits per heavy atom. The number of rotatable bonds is 6. The molecule has 1 unspecified atom stereocenters. The van der Waals surface area contributed by atoms with Crippen molar-refractivity contribution < 1.29 is 19.4 Å². The summed E-state index contributed by atoms with van der Waals surface area (Å²) in [6.07, 6.45) is 1.72. The molecule has 0 aromatic carbocycles. The fourth-order valence-corrected chi connectivity index (χ4v) is 3.14. The van der Waals surface area contributed by atoms with Crippen molar-refractivity contribution in [1.82, 2.24) is 9.80 Å². The Morgan fingerprint density at radius 1 is 1.43 bits per heavy atom. The molecule has 2 rings (SSSR count). The van der Waals surface area contributed by atoms with Crippen LogP contribution in [0.5, 0.6) is 0 Å². The number of hydrogen-bond acceptors (Lipinski definition) is 4. The van der Waals surface area contributed by atoms with Crippen LogP contribution in [0.3, 0.4) is 0 Å². The molecule has 2 aliphatic heterocycles. The quantitative estimate of drug-likeness (QED) is 0.790. The zero-order valence-corrected chi connectivity index (χ0v) is 12.8. The number of carbonyl (C=O) groups is 2. The number of carbonyl (C=O) groups excluding carboxylic acids is 1. The Hall–Kier alpha value is -1.40. The largest absolute Gasteiger partial charge is 0.481 e. The van der Waals surface area contributed by atoms with E-state index in [1.54, 1.807) is 7.11 Å². The van der Waals surface area contributed by atoms with Crippen molar-refractivity contribution in [1.29, 1.82) is 0 Å². The van der Waals surface area contributed by atoms with Crippen LogP contribution in [-0.2, 0) is 14.3 Å². The maximum Gasteiger partial charge on any atom is 0.311 e. The van der Waals surface area contributed by atoms with Crippen LogP contribution in [0.1, 0.15) is 26.2 Å². The lowest BCUT2D eigenvalue weighted by molar-refractivity contribution is -0.145. The molecule has 2 heterocycles. The van der Waals surface area contributed by atoms with Gasteiger partial charge in [0.15, 0.2) is 0 Å². The van der Waals surface area contributed by atoms with E-state index >= 15 is 0 Å². The number of nitrogens with zero attached hydrogens (tertiary/aromatic N) is 2. The van der Waals surface area contributed by atoms with E-state index in [1.807, 2.05) is 11.8 Å². The van der Waals surface area contributed by atoms with Crippen LogP contribution in [0.4, 0.5) is 0 Å². The van der Waals surface area contributed by atoms with E-state index in [9.17, 15) is 14.7 Å². The average molecular weight is 296 g/mol. The van der Waals surface area contributed by atoms with Gasteiger partial charge in [-0.1, -0.05) is 6.92 Å². The molecule has 118 valence electrons. The lowest BCUT2D eigenvalue weighted by atomic mass is 9.85. The second-order valence-corrected chi connectivity index (χ2v) is 5.63. The minimum atomic E-state index is -0.888. The number of hydrogen-bond donors (Lipinski definition) is 1. The van der Waals surface area contributed by atoms with Crippen molar-refractivity contribution in [2.45, 2.75) is 26.2 Å². The van der Waals surface area contributed by atoms with Crippen LogP contribution in [-0.4, -0.2) is 66.7 Å². The molecule has 0 aliphatic carbocycles. The summed E-state index contributed by atoms with van der Waals surface area (Å²) < 4.78 is 5.09. The lowest BCUT2D eigenvalue weighted by Crippen LogP contribution is -2.47. The van der Waals surface area contributed by atoms with Crippen molar-refractivity contribution in [3.63, 3.8) is 0 Å². The van der Waals surface area contributed by atoms with Gasteiger partial charge in [-0.3, -0.25) is 14.5 Å². The summed E-state index contributed by atoms with van der Waals surface area (Å²) in [4.78, 5) is 27.7. The van der Waals surface area contributed by atoms with Crippen LogP contribution in [0, 0.1) is 5.92 Å². The topological polar surface area (TPSA) is 70.1 Å². The first-order valence-corrected chi connectivity index (χ1v) is 7.54. The summed E-state index contributed by atoms with van der Waals surface area (Å²) in [5, 5.41) is 9.43. The zero-order chi connectivity index (χ0) is 15.4. The monoisotopic (exact) mass is 296 g/mol. The fourth-order valence-electron chi connectivity index (χ4n) is 3.14. The summed E-state index contributed by atoms with van der Waals surface area (Å²) in [6.45, 7) is 5.62. The predicted molar refractivity (Wildman–Crippen MR) is 77.7 cm³/mol. The number of carboxylic acids is 1. The maximum absolute atomic E-state index is 12.2. The fraction of sp³-hybridized carbons (Fsp3) is 0.733. The molecule has 21 heavy (non-hydrogen) atoms. The number of ether oxygens (including phenoxy) is 1. The highest BCUT2D eigenvalue weighted by molar-refractivity contribution is 5.88. The average Bonchev–Trinajstić information content (AvgIpc) is 2.47. The first-order valence-electron chi connectivity index (χ1n) is 7.54. The number of aliphatic carboxylic acids is 1. The van der Waals surface area contributed by atoms with Crippen LogP contribution in [0.15, 0.2) is 11.3 Å². The third kappa shape index (κ3) is 3.44. The molecule has 0 bridgehead atoms. The molecule has 0 aromatic heterocycles. The van der Waals surface area contributed by atoms with E-state index in [-0.39, 0.29) is 12.3 Å². The highest BCUT2D eigenvalue weighted by atomic mass is 16.5. The van der Waals surface area contributed by atoms with Gasteiger partial charge in [0.1, 0.15) is 0 Å². The third-order valence-electron chi connectivity index (χ3n) is 4.21. The van der Waals surface area contributed by atoms with Gasteiger partial charge in [-0.2, -0.15) is 0 Å². The van der Waals surface area contributed by atoms with Crippen LogP contribution in [0.25, 0.3) is 0 Å². The highest BCUT2D eigenvalue weighted by Crippen LogP contribution is 2.34. The van der Waals surface area contributed by atoms with Gasteiger partial charge in [0.2, 0.25) is 5.91 Å². The molecule has 1 amide bonds. The summed E-state index contributed by atoms with van der Waals surface area (Å²) in [5.74, 6) is -1.60. The second kappa shape index (κ2) is 7.04. The van der Waals surface area contributed by atoms with Crippen molar-refractivity contribution in [3.8, 4) is 0 Å². The standard InChI is InChI=1S/C15H24N2O4/c1-3-5-17-13-4-6-16(7-8-21-2)10-12(13)11(15(19)20)9-14(17)18/h11H,3-10H2,1-2H3,(H,19,20). The molecule has 6 heteroatoms. The smallest absolute Gasteiger partial charge is 0.311 e. The molecule has 0 spiro atoms. The Morgan fingerprint density at radius 2 is 2.19 bits per heavy atom. The van der Waals surface area contributed by atoms with Crippen LogP contribution in [0.2, 0.25) is 0 Å². The SMILES string of the molecule is CCCN1C(=O)CC(C(=O)O)C2=C1CCN(CCOC)C2. The van der Waals surface area contributed by atoms with Gasteiger partial charge in [-0.05, 0) is 12.0 Å². The van der Waals surface area contributed by atoms with Gasteiger partial charge < -0.3 is 14.7 Å². The van der Waals surface area contributed by atoms with E-state index in [0.717, 1.165) is 37.2 Å². The molecule has 0 radical (unpaired) electrons. The van der Waals surface area contributed by atoms with Crippen LogP contribution < -0.4 is 0 Å². The van der Waals surface area contributed by atoms with Gasteiger partial charge in [0.25, 0.3) is 0 Å². The molecular weight excluding hydrogens is 272 g/mol. The minimum absolute atomic E-state index is 0.0478. The maximum atomic E-state index is 12.2. The third-order valence-corrected chi connectivity index (χ3v) is 4.21. The Labute approximate surface area is 125 Å². The predicted octanol–water partition coefficient (Wildman–Crippen LogP) is 0.936. The van der Waals surface area contributed by atoms with Crippen LogP contribution >= 0.6 is 0 Å². The molecular formula is C15H24N2O4. The van der Waals surface area contributed by atoms with E-state index in [4.69, 9.17) is 4.74 Å². The lowest BCUT2D eigenvalue weighted by Gasteiger charge is -2.41. The molecule has 6 nitrogen and oxygen atoms in total. The molecule has 1 atom stereocenters. The molecule has 0 aromatic rings. The van der Waals surface area contributed by atoms with Gasteiger partial charge in [0, 0.05) is 51.8 Å². The number of carboxylic acid groups (broad SMARTS) is 1. The zero-order valence-electron chi connectivity index (χ0n) is 12.8.